The van der Waals surface area contributed by atoms with Crippen molar-refractivity contribution in [2.75, 3.05) is 24.4 Å². The molecular weight excluding hydrogens is 681 g/mol. The SMILES string of the molecule is CCNC(=O)[C@@H](NC(=O)[C@H](C)NC[C@H](Cc1ccccc1)NC(=O)c1cc(C(=O)N[C@H](C)c2ccccc2)cc(N(C)S(=O)(=O)C(C)C)c1)C(C)C. The van der Waals surface area contributed by atoms with Crippen LogP contribution in [0.15, 0.2) is 78.9 Å². The number of nitrogens with one attached hydrogen (secondary N) is 5. The Balaban J connectivity index is 1.90. The molecule has 0 saturated heterocycles. The third-order valence-corrected chi connectivity index (χ3v) is 10.9. The van der Waals surface area contributed by atoms with Crippen LogP contribution in [0.25, 0.3) is 0 Å². The molecule has 0 aliphatic rings. The van der Waals surface area contributed by atoms with Crippen molar-refractivity contribution in [3.05, 3.63) is 101 Å². The molecule has 0 radical (unpaired) electrons. The van der Waals surface area contributed by atoms with E-state index in [9.17, 15) is 27.6 Å². The van der Waals surface area contributed by atoms with Crippen LogP contribution in [0, 0.1) is 5.92 Å². The Morgan fingerprint density at radius 3 is 1.83 bits per heavy atom. The molecule has 3 rings (SSSR count). The second-order valence-electron chi connectivity index (χ2n) is 13.6. The molecule has 5 N–H and O–H groups in total. The van der Waals surface area contributed by atoms with Crippen molar-refractivity contribution in [2.45, 2.75) is 84.3 Å². The summed E-state index contributed by atoms with van der Waals surface area (Å²) in [5.74, 6) is -1.76. The van der Waals surface area contributed by atoms with Crippen molar-refractivity contribution in [2.24, 2.45) is 5.92 Å². The third kappa shape index (κ3) is 11.6. The first-order valence-corrected chi connectivity index (χ1v) is 19.2. The molecule has 0 aliphatic heterocycles. The van der Waals surface area contributed by atoms with Gasteiger partial charge in [-0.2, -0.15) is 0 Å². The van der Waals surface area contributed by atoms with Gasteiger partial charge >= 0.3 is 0 Å². The van der Waals surface area contributed by atoms with Crippen molar-refractivity contribution in [1.82, 2.24) is 26.6 Å². The van der Waals surface area contributed by atoms with E-state index in [1.54, 1.807) is 20.8 Å². The smallest absolute Gasteiger partial charge is 0.251 e. The van der Waals surface area contributed by atoms with E-state index in [0.717, 1.165) is 15.4 Å². The molecule has 0 heterocycles. The molecule has 0 aromatic heterocycles. The largest absolute Gasteiger partial charge is 0.355 e. The standard InChI is InChI=1S/C39H54N6O6S/c1-9-40-39(49)35(25(2)3)44-36(46)28(7)41-24-33(20-29-16-12-10-13-17-29)43-38(48)32-21-31(22-34(23-32)45(8)52(50,51)26(4)5)37(47)42-27(6)30-18-14-11-15-19-30/h10-19,21-23,25-28,33,35,41H,9,20,24H2,1-8H3,(H,40,49)(H,42,47)(H,43,48)(H,44,46)/t27-,28+,33+,35+/m1/s1. The van der Waals surface area contributed by atoms with E-state index in [1.165, 1.54) is 25.2 Å². The van der Waals surface area contributed by atoms with Gasteiger partial charge < -0.3 is 26.6 Å². The molecule has 52 heavy (non-hydrogen) atoms. The molecule has 13 heteroatoms. The van der Waals surface area contributed by atoms with Gasteiger partial charge in [0.2, 0.25) is 21.8 Å². The summed E-state index contributed by atoms with van der Waals surface area (Å²) in [6.45, 7) is 12.8. The molecule has 0 spiro atoms. The second kappa shape index (κ2) is 19.2. The number of amides is 4. The van der Waals surface area contributed by atoms with Crippen molar-refractivity contribution in [1.29, 1.82) is 0 Å². The molecule has 3 aromatic rings. The molecular formula is C39H54N6O6S. The Bertz CT molecular complexity index is 1770. The number of nitrogens with zero attached hydrogens (tertiary/aromatic N) is 1. The normalized spacial score (nSPS) is 13.8. The van der Waals surface area contributed by atoms with Crippen LogP contribution in [-0.2, 0) is 26.0 Å². The highest BCUT2D eigenvalue weighted by Gasteiger charge is 2.28. The van der Waals surface area contributed by atoms with Gasteiger partial charge in [0.05, 0.1) is 23.0 Å². The van der Waals surface area contributed by atoms with E-state index in [4.69, 9.17) is 0 Å². The van der Waals surface area contributed by atoms with Gasteiger partial charge in [-0.15, -0.1) is 0 Å². The van der Waals surface area contributed by atoms with E-state index in [2.05, 4.69) is 26.6 Å². The fourth-order valence-corrected chi connectivity index (χ4v) is 6.51. The summed E-state index contributed by atoms with van der Waals surface area (Å²) < 4.78 is 27.4. The predicted octanol–water partition coefficient (Wildman–Crippen LogP) is 3.95. The van der Waals surface area contributed by atoms with E-state index in [0.29, 0.717) is 13.0 Å². The summed E-state index contributed by atoms with van der Waals surface area (Å²) in [6.07, 6.45) is 0.407. The molecule has 0 aliphatic carbocycles. The quantitative estimate of drug-likeness (QED) is 0.132. The van der Waals surface area contributed by atoms with Crippen LogP contribution in [0.5, 0.6) is 0 Å². The van der Waals surface area contributed by atoms with Crippen LogP contribution in [-0.4, -0.2) is 75.6 Å². The lowest BCUT2D eigenvalue weighted by Gasteiger charge is -2.26. The molecule has 0 bridgehead atoms. The Morgan fingerprint density at radius 1 is 0.731 bits per heavy atom. The number of carbonyl (C=O) groups is 4. The molecule has 282 valence electrons. The minimum atomic E-state index is -3.80. The van der Waals surface area contributed by atoms with Crippen LogP contribution in [0.4, 0.5) is 5.69 Å². The van der Waals surface area contributed by atoms with Crippen molar-refractivity contribution in [3.8, 4) is 0 Å². The number of anilines is 1. The predicted molar refractivity (Wildman–Crippen MR) is 206 cm³/mol. The summed E-state index contributed by atoms with van der Waals surface area (Å²) in [5.41, 5.74) is 2.19. The number of hydrogen-bond acceptors (Lipinski definition) is 7. The van der Waals surface area contributed by atoms with Gasteiger partial charge in [0.1, 0.15) is 6.04 Å². The van der Waals surface area contributed by atoms with Crippen LogP contribution < -0.4 is 30.9 Å². The highest BCUT2D eigenvalue weighted by atomic mass is 32.2. The highest BCUT2D eigenvalue weighted by Crippen LogP contribution is 2.24. The number of sulfonamides is 1. The van der Waals surface area contributed by atoms with Gasteiger partial charge in [0.15, 0.2) is 0 Å². The van der Waals surface area contributed by atoms with Crippen molar-refractivity contribution >= 4 is 39.3 Å². The van der Waals surface area contributed by atoms with E-state index in [-0.39, 0.29) is 47.1 Å². The first kappa shape index (κ1) is 41.7. The van der Waals surface area contributed by atoms with Crippen molar-refractivity contribution < 1.29 is 27.6 Å². The highest BCUT2D eigenvalue weighted by molar-refractivity contribution is 7.93. The zero-order valence-electron chi connectivity index (χ0n) is 31.4. The molecule has 0 unspecified atom stereocenters. The van der Waals surface area contributed by atoms with Crippen LogP contribution >= 0.6 is 0 Å². The summed E-state index contributed by atoms with van der Waals surface area (Å²) in [7, 11) is -2.40. The maximum Gasteiger partial charge on any atom is 0.251 e. The number of rotatable bonds is 18. The van der Waals surface area contributed by atoms with E-state index >= 15 is 0 Å². The molecule has 0 saturated carbocycles. The summed E-state index contributed by atoms with van der Waals surface area (Å²) >= 11 is 0. The Labute approximate surface area is 308 Å². The molecule has 12 nitrogen and oxygen atoms in total. The molecule has 4 amide bonds. The van der Waals surface area contributed by atoms with Gasteiger partial charge in [0, 0.05) is 37.3 Å². The maximum atomic E-state index is 14.0. The molecule has 0 fully saturated rings. The monoisotopic (exact) mass is 734 g/mol. The minimum absolute atomic E-state index is 0.0892. The topological polar surface area (TPSA) is 166 Å². The third-order valence-electron chi connectivity index (χ3n) is 8.75. The fourth-order valence-electron chi connectivity index (χ4n) is 5.47. The van der Waals surface area contributed by atoms with Gasteiger partial charge in [-0.25, -0.2) is 8.42 Å². The van der Waals surface area contributed by atoms with Gasteiger partial charge in [-0.1, -0.05) is 74.5 Å². The molecule has 3 aromatic carbocycles. The summed E-state index contributed by atoms with van der Waals surface area (Å²) in [4.78, 5) is 53.3. The Hall–Kier alpha value is -4.75. The first-order valence-electron chi connectivity index (χ1n) is 17.7. The van der Waals surface area contributed by atoms with Crippen LogP contribution in [0.2, 0.25) is 0 Å². The minimum Gasteiger partial charge on any atom is -0.355 e. The summed E-state index contributed by atoms with van der Waals surface area (Å²) in [6, 6.07) is 21.0. The zero-order valence-corrected chi connectivity index (χ0v) is 32.2. The lowest BCUT2D eigenvalue weighted by Crippen LogP contribution is -2.55. The Kier molecular flexibility index (Phi) is 15.4. The lowest BCUT2D eigenvalue weighted by atomic mass is 10.0. The summed E-state index contributed by atoms with van der Waals surface area (Å²) in [5, 5.41) is 14.0. The number of likely N-dealkylation sites (N-methyl/N-ethyl adjacent to an activating group) is 1. The lowest BCUT2D eigenvalue weighted by molar-refractivity contribution is -0.130. The second-order valence-corrected chi connectivity index (χ2v) is 16.1. The van der Waals surface area contributed by atoms with Gasteiger partial charge in [-0.05, 0) is 76.3 Å². The molecule has 4 atom stereocenters. The van der Waals surface area contributed by atoms with Gasteiger partial charge in [-0.3, -0.25) is 23.5 Å². The Morgan fingerprint density at radius 2 is 1.29 bits per heavy atom. The average molecular weight is 735 g/mol. The average Bonchev–Trinajstić information content (AvgIpc) is 3.12. The van der Waals surface area contributed by atoms with E-state index in [1.807, 2.05) is 88.4 Å². The first-order chi connectivity index (χ1) is 24.5. The maximum absolute atomic E-state index is 14.0. The number of hydrogen-bond donors (Lipinski definition) is 5. The van der Waals surface area contributed by atoms with Crippen molar-refractivity contribution in [3.63, 3.8) is 0 Å². The van der Waals surface area contributed by atoms with E-state index < -0.39 is 45.2 Å². The zero-order chi connectivity index (χ0) is 38.6. The fraction of sp³-hybridized carbons (Fsp3) is 0.436. The van der Waals surface area contributed by atoms with Crippen LogP contribution in [0.1, 0.15) is 86.4 Å². The van der Waals surface area contributed by atoms with Gasteiger partial charge in [0.25, 0.3) is 11.8 Å². The number of carbonyl (C=O) groups excluding carboxylic acids is 4. The number of benzene rings is 3. The van der Waals surface area contributed by atoms with Crippen LogP contribution in [0.3, 0.4) is 0 Å².